The van der Waals surface area contributed by atoms with Crippen molar-refractivity contribution in [2.45, 2.75) is 32.8 Å². The van der Waals surface area contributed by atoms with Crippen molar-refractivity contribution < 1.29 is 14.9 Å². The Morgan fingerprint density at radius 2 is 1.90 bits per heavy atom. The predicted molar refractivity (Wildman–Crippen MR) is 81.1 cm³/mol. The smallest absolute Gasteiger partial charge is 0.119 e. The van der Waals surface area contributed by atoms with Gasteiger partial charge in [0.25, 0.3) is 0 Å². The molecule has 1 rings (SSSR count). The van der Waals surface area contributed by atoms with E-state index in [1.807, 2.05) is 31.2 Å². The maximum absolute atomic E-state index is 10.0. The van der Waals surface area contributed by atoms with Gasteiger partial charge in [0.1, 0.15) is 18.5 Å². The second kappa shape index (κ2) is 9.75. The maximum atomic E-state index is 10.0. The van der Waals surface area contributed by atoms with E-state index >= 15 is 0 Å². The van der Waals surface area contributed by atoms with Gasteiger partial charge in [-0.1, -0.05) is 31.0 Å². The summed E-state index contributed by atoms with van der Waals surface area (Å²) in [6, 6.07) is 7.79. The van der Waals surface area contributed by atoms with E-state index in [1.165, 1.54) is 5.56 Å². The number of hydrogen-bond donors (Lipinski definition) is 2. The van der Waals surface area contributed by atoms with E-state index < -0.39 is 6.10 Å². The first kappa shape index (κ1) is 17.0. The quantitative estimate of drug-likeness (QED) is 0.687. The Morgan fingerprint density at radius 1 is 1.20 bits per heavy atom. The zero-order valence-corrected chi connectivity index (χ0v) is 12.6. The number of aliphatic hydroxyl groups excluding tert-OH is 2. The second-order valence-corrected chi connectivity index (χ2v) is 5.16. The second-order valence-electron chi connectivity index (χ2n) is 5.16. The highest BCUT2D eigenvalue weighted by Crippen LogP contribution is 2.11. The Morgan fingerprint density at radius 3 is 2.50 bits per heavy atom. The molecular weight excluding hydrogens is 254 g/mol. The van der Waals surface area contributed by atoms with Gasteiger partial charge in [-0.25, -0.2) is 0 Å². The summed E-state index contributed by atoms with van der Waals surface area (Å²) in [5, 5.41) is 19.0. The first-order valence-electron chi connectivity index (χ1n) is 7.36. The Balaban J connectivity index is 2.32. The minimum absolute atomic E-state index is 0.120. The van der Waals surface area contributed by atoms with Crippen LogP contribution in [0, 0.1) is 6.92 Å². The van der Waals surface area contributed by atoms with Crippen LogP contribution in [0.5, 0.6) is 5.75 Å². The summed E-state index contributed by atoms with van der Waals surface area (Å²) in [5.74, 6) is 0.775. The zero-order chi connectivity index (χ0) is 14.8. The van der Waals surface area contributed by atoms with Crippen molar-refractivity contribution >= 4 is 0 Å². The summed E-state index contributed by atoms with van der Waals surface area (Å²) >= 11 is 0. The highest BCUT2D eigenvalue weighted by molar-refractivity contribution is 5.26. The molecule has 1 aromatic rings. The normalized spacial score (nSPS) is 12.7. The molecule has 1 atom stereocenters. The molecule has 0 aliphatic rings. The Kier molecular flexibility index (Phi) is 8.26. The SMILES string of the molecule is CCCCN(CCO)C[C@H](O)COc1ccc(C)cc1. The van der Waals surface area contributed by atoms with Crippen LogP contribution >= 0.6 is 0 Å². The van der Waals surface area contributed by atoms with E-state index in [9.17, 15) is 5.11 Å². The average Bonchev–Trinajstić information content (AvgIpc) is 2.44. The molecule has 20 heavy (non-hydrogen) atoms. The number of benzene rings is 1. The molecule has 114 valence electrons. The van der Waals surface area contributed by atoms with Gasteiger partial charge >= 0.3 is 0 Å². The van der Waals surface area contributed by atoms with Crippen LogP contribution in [0.4, 0.5) is 0 Å². The van der Waals surface area contributed by atoms with Gasteiger partial charge in [-0.2, -0.15) is 0 Å². The standard InChI is InChI=1S/C16H27NO3/c1-3-4-9-17(10-11-18)12-15(19)13-20-16-7-5-14(2)6-8-16/h5-8,15,18-19H,3-4,9-13H2,1-2H3/t15-/m0/s1. The maximum Gasteiger partial charge on any atom is 0.119 e. The predicted octanol–water partition coefficient (Wildman–Crippen LogP) is 1.83. The van der Waals surface area contributed by atoms with E-state index in [-0.39, 0.29) is 13.2 Å². The van der Waals surface area contributed by atoms with Gasteiger partial charge in [0.2, 0.25) is 0 Å². The van der Waals surface area contributed by atoms with Gasteiger partial charge < -0.3 is 14.9 Å². The molecule has 0 aliphatic carbocycles. The van der Waals surface area contributed by atoms with Gasteiger partial charge in [0.05, 0.1) is 6.61 Å². The number of rotatable bonds is 10. The number of aliphatic hydroxyl groups is 2. The van der Waals surface area contributed by atoms with Gasteiger partial charge in [-0.15, -0.1) is 0 Å². The van der Waals surface area contributed by atoms with Crippen molar-refractivity contribution in [3.8, 4) is 5.75 Å². The van der Waals surface area contributed by atoms with E-state index in [2.05, 4.69) is 11.8 Å². The van der Waals surface area contributed by atoms with Gasteiger partial charge in [-0.3, -0.25) is 4.90 Å². The van der Waals surface area contributed by atoms with Gasteiger partial charge in [0, 0.05) is 13.1 Å². The largest absolute Gasteiger partial charge is 0.491 e. The van der Waals surface area contributed by atoms with Crippen molar-refractivity contribution in [1.82, 2.24) is 4.90 Å². The van der Waals surface area contributed by atoms with Crippen molar-refractivity contribution in [2.24, 2.45) is 0 Å². The van der Waals surface area contributed by atoms with Crippen LogP contribution in [0.3, 0.4) is 0 Å². The highest BCUT2D eigenvalue weighted by atomic mass is 16.5. The fourth-order valence-electron chi connectivity index (χ4n) is 2.00. The third-order valence-corrected chi connectivity index (χ3v) is 3.18. The fourth-order valence-corrected chi connectivity index (χ4v) is 2.00. The molecule has 0 heterocycles. The number of ether oxygens (including phenoxy) is 1. The Labute approximate surface area is 122 Å². The van der Waals surface area contributed by atoms with Crippen molar-refractivity contribution in [3.63, 3.8) is 0 Å². The van der Waals surface area contributed by atoms with Gasteiger partial charge in [0.15, 0.2) is 0 Å². The first-order chi connectivity index (χ1) is 9.65. The van der Waals surface area contributed by atoms with E-state index in [0.717, 1.165) is 25.1 Å². The topological polar surface area (TPSA) is 52.9 Å². The third-order valence-electron chi connectivity index (χ3n) is 3.18. The Hall–Kier alpha value is -1.10. The lowest BCUT2D eigenvalue weighted by molar-refractivity contribution is 0.0613. The van der Waals surface area contributed by atoms with Gasteiger partial charge in [-0.05, 0) is 32.0 Å². The average molecular weight is 281 g/mol. The van der Waals surface area contributed by atoms with Crippen LogP contribution in [-0.2, 0) is 0 Å². The zero-order valence-electron chi connectivity index (χ0n) is 12.6. The summed E-state index contributed by atoms with van der Waals surface area (Å²) in [6.07, 6.45) is 1.64. The number of nitrogens with zero attached hydrogens (tertiary/aromatic N) is 1. The lowest BCUT2D eigenvalue weighted by Gasteiger charge is -2.24. The summed E-state index contributed by atoms with van der Waals surface area (Å²) in [6.45, 7) is 6.59. The van der Waals surface area contributed by atoms with Crippen LogP contribution in [-0.4, -0.2) is 54.1 Å². The molecule has 0 bridgehead atoms. The van der Waals surface area contributed by atoms with E-state index in [1.54, 1.807) is 0 Å². The summed E-state index contributed by atoms with van der Waals surface area (Å²) in [7, 11) is 0. The number of aryl methyl sites for hydroxylation is 1. The third kappa shape index (κ3) is 6.89. The molecule has 0 aromatic heterocycles. The molecule has 2 N–H and O–H groups in total. The molecule has 0 saturated heterocycles. The minimum atomic E-state index is -0.542. The van der Waals surface area contributed by atoms with Crippen molar-refractivity contribution in [2.75, 3.05) is 32.8 Å². The lowest BCUT2D eigenvalue weighted by atomic mass is 10.2. The van der Waals surface area contributed by atoms with Crippen LogP contribution in [0.2, 0.25) is 0 Å². The van der Waals surface area contributed by atoms with Crippen LogP contribution in [0.15, 0.2) is 24.3 Å². The molecule has 0 amide bonds. The fraction of sp³-hybridized carbons (Fsp3) is 0.625. The van der Waals surface area contributed by atoms with Crippen LogP contribution in [0.1, 0.15) is 25.3 Å². The molecule has 0 saturated carbocycles. The van der Waals surface area contributed by atoms with Crippen LogP contribution in [0.25, 0.3) is 0 Å². The van der Waals surface area contributed by atoms with E-state index in [0.29, 0.717) is 13.1 Å². The van der Waals surface area contributed by atoms with Crippen molar-refractivity contribution in [1.29, 1.82) is 0 Å². The summed E-state index contributed by atoms with van der Waals surface area (Å²) in [4.78, 5) is 2.08. The molecule has 1 aromatic carbocycles. The molecule has 0 unspecified atom stereocenters. The molecule has 4 nitrogen and oxygen atoms in total. The number of hydrogen-bond acceptors (Lipinski definition) is 4. The summed E-state index contributed by atoms with van der Waals surface area (Å²) < 4.78 is 5.57. The van der Waals surface area contributed by atoms with Crippen LogP contribution < -0.4 is 4.74 Å². The molecule has 0 radical (unpaired) electrons. The molecule has 0 spiro atoms. The first-order valence-corrected chi connectivity index (χ1v) is 7.36. The highest BCUT2D eigenvalue weighted by Gasteiger charge is 2.11. The number of unbranched alkanes of at least 4 members (excludes halogenated alkanes) is 1. The minimum Gasteiger partial charge on any atom is -0.491 e. The lowest BCUT2D eigenvalue weighted by Crippen LogP contribution is -2.37. The molecule has 4 heteroatoms. The molecule has 0 fully saturated rings. The summed E-state index contributed by atoms with van der Waals surface area (Å²) in [5.41, 5.74) is 1.19. The van der Waals surface area contributed by atoms with Crippen molar-refractivity contribution in [3.05, 3.63) is 29.8 Å². The molecule has 0 aliphatic heterocycles. The monoisotopic (exact) mass is 281 g/mol. The molecular formula is C16H27NO3. The van der Waals surface area contributed by atoms with E-state index in [4.69, 9.17) is 9.84 Å². The Bertz CT molecular complexity index is 353.